The SMILES string of the molecule is CCCCCCN1Cc2ccc(CNCC)cc2C1. The Kier molecular flexibility index (Phi) is 5.87. The average Bonchev–Trinajstić information content (AvgIpc) is 2.83. The van der Waals surface area contributed by atoms with Crippen molar-refractivity contribution < 1.29 is 0 Å². The molecule has 19 heavy (non-hydrogen) atoms. The lowest BCUT2D eigenvalue weighted by molar-refractivity contribution is 0.276. The second-order valence-electron chi connectivity index (χ2n) is 5.65. The van der Waals surface area contributed by atoms with Crippen molar-refractivity contribution in [2.45, 2.75) is 59.2 Å². The molecule has 106 valence electrons. The van der Waals surface area contributed by atoms with E-state index >= 15 is 0 Å². The van der Waals surface area contributed by atoms with E-state index in [4.69, 9.17) is 0 Å². The van der Waals surface area contributed by atoms with Crippen LogP contribution in [0.4, 0.5) is 0 Å². The van der Waals surface area contributed by atoms with Gasteiger partial charge in [0.05, 0.1) is 0 Å². The molecule has 0 fully saturated rings. The van der Waals surface area contributed by atoms with Gasteiger partial charge in [0.15, 0.2) is 0 Å². The molecule has 0 aromatic heterocycles. The molecule has 0 amide bonds. The smallest absolute Gasteiger partial charge is 0.0240 e. The maximum absolute atomic E-state index is 3.40. The number of fused-ring (bicyclic) bond motifs is 1. The summed E-state index contributed by atoms with van der Waals surface area (Å²) in [6, 6.07) is 7.00. The van der Waals surface area contributed by atoms with Crippen LogP contribution >= 0.6 is 0 Å². The van der Waals surface area contributed by atoms with E-state index in [9.17, 15) is 0 Å². The topological polar surface area (TPSA) is 15.3 Å². The summed E-state index contributed by atoms with van der Waals surface area (Å²) >= 11 is 0. The molecule has 1 aromatic rings. The Morgan fingerprint density at radius 3 is 2.68 bits per heavy atom. The maximum Gasteiger partial charge on any atom is 0.0240 e. The molecule has 0 bridgehead atoms. The quantitative estimate of drug-likeness (QED) is 0.717. The van der Waals surface area contributed by atoms with Crippen molar-refractivity contribution in [3.05, 3.63) is 34.9 Å². The first-order chi connectivity index (χ1) is 9.33. The zero-order chi connectivity index (χ0) is 13.5. The summed E-state index contributed by atoms with van der Waals surface area (Å²) in [5, 5.41) is 3.40. The molecular weight excluding hydrogens is 232 g/mol. The minimum absolute atomic E-state index is 1.00. The van der Waals surface area contributed by atoms with Crippen molar-refractivity contribution in [2.24, 2.45) is 0 Å². The van der Waals surface area contributed by atoms with Gasteiger partial charge in [-0.05, 0) is 36.2 Å². The van der Waals surface area contributed by atoms with Crippen LogP contribution in [-0.4, -0.2) is 18.0 Å². The number of nitrogens with zero attached hydrogens (tertiary/aromatic N) is 1. The Hall–Kier alpha value is -0.860. The molecule has 2 rings (SSSR count). The van der Waals surface area contributed by atoms with Gasteiger partial charge in [-0.2, -0.15) is 0 Å². The molecule has 0 saturated heterocycles. The molecule has 0 spiro atoms. The van der Waals surface area contributed by atoms with E-state index in [0.29, 0.717) is 0 Å². The lowest BCUT2D eigenvalue weighted by Crippen LogP contribution is -2.17. The molecule has 2 heteroatoms. The third-order valence-electron chi connectivity index (χ3n) is 3.97. The van der Waals surface area contributed by atoms with E-state index in [1.54, 1.807) is 5.56 Å². The average molecular weight is 260 g/mol. The molecule has 1 N–H and O–H groups in total. The number of unbranched alkanes of at least 4 members (excludes halogenated alkanes) is 3. The van der Waals surface area contributed by atoms with E-state index in [1.165, 1.54) is 43.4 Å². The van der Waals surface area contributed by atoms with Crippen LogP contribution in [-0.2, 0) is 19.6 Å². The zero-order valence-electron chi connectivity index (χ0n) is 12.5. The normalized spacial score (nSPS) is 14.8. The molecule has 1 aliphatic rings. The highest BCUT2D eigenvalue weighted by molar-refractivity contribution is 5.34. The van der Waals surface area contributed by atoms with Crippen LogP contribution in [0.15, 0.2) is 18.2 Å². The van der Waals surface area contributed by atoms with Gasteiger partial charge in [0.25, 0.3) is 0 Å². The molecule has 0 saturated carbocycles. The van der Waals surface area contributed by atoms with E-state index in [-0.39, 0.29) is 0 Å². The highest BCUT2D eigenvalue weighted by atomic mass is 15.1. The Morgan fingerprint density at radius 1 is 1.05 bits per heavy atom. The molecule has 0 atom stereocenters. The summed E-state index contributed by atoms with van der Waals surface area (Å²) in [4.78, 5) is 2.59. The molecule has 0 aliphatic carbocycles. The van der Waals surface area contributed by atoms with Crippen LogP contribution in [0, 0.1) is 0 Å². The molecular formula is C17H28N2. The number of nitrogens with one attached hydrogen (secondary N) is 1. The van der Waals surface area contributed by atoms with Gasteiger partial charge in [-0.25, -0.2) is 0 Å². The van der Waals surface area contributed by atoms with Crippen LogP contribution in [0.5, 0.6) is 0 Å². The second-order valence-corrected chi connectivity index (χ2v) is 5.65. The van der Waals surface area contributed by atoms with Crippen molar-refractivity contribution in [2.75, 3.05) is 13.1 Å². The Labute approximate surface area is 118 Å². The largest absolute Gasteiger partial charge is 0.313 e. The standard InChI is InChI=1S/C17H28N2/c1-3-5-6-7-10-19-13-16-9-8-15(12-18-4-2)11-17(16)14-19/h8-9,11,18H,3-7,10,12-14H2,1-2H3. The Morgan fingerprint density at radius 2 is 1.89 bits per heavy atom. The third-order valence-corrected chi connectivity index (χ3v) is 3.97. The van der Waals surface area contributed by atoms with Crippen LogP contribution in [0.3, 0.4) is 0 Å². The van der Waals surface area contributed by atoms with E-state index in [2.05, 4.69) is 42.3 Å². The fourth-order valence-corrected chi connectivity index (χ4v) is 2.82. The molecule has 1 aromatic carbocycles. The summed E-state index contributed by atoms with van der Waals surface area (Å²) in [6.45, 7) is 10.0. The highest BCUT2D eigenvalue weighted by Crippen LogP contribution is 2.24. The van der Waals surface area contributed by atoms with Crippen molar-refractivity contribution in [1.82, 2.24) is 10.2 Å². The Bertz CT molecular complexity index is 387. The number of rotatable bonds is 8. The van der Waals surface area contributed by atoms with Gasteiger partial charge in [0.2, 0.25) is 0 Å². The number of hydrogen-bond donors (Lipinski definition) is 1. The van der Waals surface area contributed by atoms with Crippen molar-refractivity contribution in [1.29, 1.82) is 0 Å². The molecule has 1 heterocycles. The molecule has 2 nitrogen and oxygen atoms in total. The second kappa shape index (κ2) is 7.66. The van der Waals surface area contributed by atoms with Crippen molar-refractivity contribution in [3.8, 4) is 0 Å². The maximum atomic E-state index is 3.40. The van der Waals surface area contributed by atoms with Gasteiger partial charge in [0, 0.05) is 19.6 Å². The summed E-state index contributed by atoms with van der Waals surface area (Å²) < 4.78 is 0. The van der Waals surface area contributed by atoms with Gasteiger partial charge < -0.3 is 5.32 Å². The van der Waals surface area contributed by atoms with Crippen molar-refractivity contribution >= 4 is 0 Å². The predicted molar refractivity (Wildman–Crippen MR) is 82.1 cm³/mol. The van der Waals surface area contributed by atoms with Crippen LogP contribution in [0.2, 0.25) is 0 Å². The first-order valence-corrected chi connectivity index (χ1v) is 7.87. The monoisotopic (exact) mass is 260 g/mol. The third kappa shape index (κ3) is 4.32. The Balaban J connectivity index is 1.82. The molecule has 0 radical (unpaired) electrons. The molecule has 1 aliphatic heterocycles. The minimum Gasteiger partial charge on any atom is -0.313 e. The van der Waals surface area contributed by atoms with Gasteiger partial charge in [-0.3, -0.25) is 4.90 Å². The summed E-state index contributed by atoms with van der Waals surface area (Å²) in [6.07, 6.45) is 5.45. The van der Waals surface area contributed by atoms with Crippen LogP contribution < -0.4 is 5.32 Å². The highest BCUT2D eigenvalue weighted by Gasteiger charge is 2.18. The minimum atomic E-state index is 1.00. The summed E-state index contributed by atoms with van der Waals surface area (Å²) in [7, 11) is 0. The van der Waals surface area contributed by atoms with Gasteiger partial charge in [0.1, 0.15) is 0 Å². The van der Waals surface area contributed by atoms with Crippen molar-refractivity contribution in [3.63, 3.8) is 0 Å². The van der Waals surface area contributed by atoms with Crippen LogP contribution in [0.1, 0.15) is 56.2 Å². The summed E-state index contributed by atoms with van der Waals surface area (Å²) in [5.41, 5.74) is 4.51. The van der Waals surface area contributed by atoms with E-state index in [0.717, 1.165) is 26.2 Å². The van der Waals surface area contributed by atoms with Gasteiger partial charge in [-0.15, -0.1) is 0 Å². The fourth-order valence-electron chi connectivity index (χ4n) is 2.82. The van der Waals surface area contributed by atoms with Gasteiger partial charge in [-0.1, -0.05) is 51.3 Å². The van der Waals surface area contributed by atoms with Gasteiger partial charge >= 0.3 is 0 Å². The predicted octanol–water partition coefficient (Wildman–Crippen LogP) is 3.69. The zero-order valence-corrected chi connectivity index (χ0v) is 12.5. The van der Waals surface area contributed by atoms with E-state index < -0.39 is 0 Å². The first-order valence-electron chi connectivity index (χ1n) is 7.87. The first kappa shape index (κ1) is 14.5. The molecule has 0 unspecified atom stereocenters. The number of benzene rings is 1. The summed E-state index contributed by atoms with van der Waals surface area (Å²) in [5.74, 6) is 0. The number of hydrogen-bond acceptors (Lipinski definition) is 2. The van der Waals surface area contributed by atoms with E-state index in [1.807, 2.05) is 0 Å². The lowest BCUT2D eigenvalue weighted by Gasteiger charge is -2.13. The van der Waals surface area contributed by atoms with Crippen LogP contribution in [0.25, 0.3) is 0 Å². The lowest BCUT2D eigenvalue weighted by atomic mass is 10.1. The fraction of sp³-hybridized carbons (Fsp3) is 0.647.